The van der Waals surface area contributed by atoms with E-state index in [-0.39, 0.29) is 29.2 Å². The molecule has 1 unspecified atom stereocenters. The van der Waals surface area contributed by atoms with Gasteiger partial charge in [-0.3, -0.25) is 24.4 Å². The average Bonchev–Trinajstić information content (AvgIpc) is 3.16. The van der Waals surface area contributed by atoms with Gasteiger partial charge in [-0.2, -0.15) is 5.26 Å². The smallest absolute Gasteiger partial charge is 0.251 e. The molecule has 4 atom stereocenters. The van der Waals surface area contributed by atoms with Crippen molar-refractivity contribution in [2.45, 2.75) is 89.3 Å². The normalized spacial score (nSPS) is 24.1. The van der Waals surface area contributed by atoms with E-state index in [1.807, 2.05) is 30.3 Å². The quantitative estimate of drug-likeness (QED) is 0.543. The van der Waals surface area contributed by atoms with Gasteiger partial charge in [0.25, 0.3) is 5.91 Å². The lowest BCUT2D eigenvalue weighted by Crippen LogP contribution is -2.53. The summed E-state index contributed by atoms with van der Waals surface area (Å²) in [7, 11) is 0. The van der Waals surface area contributed by atoms with Crippen molar-refractivity contribution >= 4 is 17.5 Å². The van der Waals surface area contributed by atoms with E-state index in [0.29, 0.717) is 23.7 Å². The SMILES string of the molecule is CC(C)(C)c1ccc(N(C(=O)[C@H]2[C@H]3CC[C@H]3CN2C#N)C(C(=O)NC2CCCCC2)c2cccnc2)cc1. The molecule has 2 aromatic rings. The van der Waals surface area contributed by atoms with Crippen LogP contribution in [-0.2, 0) is 15.0 Å². The summed E-state index contributed by atoms with van der Waals surface area (Å²) in [6.45, 7) is 7.07. The lowest BCUT2D eigenvalue weighted by atomic mass is 9.72. The Kier molecular flexibility index (Phi) is 7.43. The minimum Gasteiger partial charge on any atom is -0.351 e. The van der Waals surface area contributed by atoms with Gasteiger partial charge in [0.15, 0.2) is 6.19 Å². The number of aromatic nitrogens is 1. The minimum atomic E-state index is -0.877. The first-order chi connectivity index (χ1) is 18.3. The number of fused-ring (bicyclic) bond motifs is 1. The van der Waals surface area contributed by atoms with Gasteiger partial charge in [-0.05, 0) is 66.7 Å². The van der Waals surface area contributed by atoms with Gasteiger partial charge in [0.2, 0.25) is 5.91 Å². The number of carbonyl (C=O) groups excluding carboxylic acids is 2. The number of nitrogens with one attached hydrogen (secondary N) is 1. The summed E-state index contributed by atoms with van der Waals surface area (Å²) in [5.41, 5.74) is 2.44. The zero-order chi connectivity index (χ0) is 26.9. The van der Waals surface area contributed by atoms with Crippen LogP contribution in [0.3, 0.4) is 0 Å². The number of hydrogen-bond donors (Lipinski definition) is 1. The topological polar surface area (TPSA) is 89.3 Å². The summed E-state index contributed by atoms with van der Waals surface area (Å²) in [6, 6.07) is 10.3. The molecule has 7 heteroatoms. The Balaban J connectivity index is 1.57. The molecule has 3 fully saturated rings. The summed E-state index contributed by atoms with van der Waals surface area (Å²) in [6.07, 6.45) is 12.9. The van der Waals surface area contributed by atoms with Crippen LogP contribution in [0.2, 0.25) is 0 Å². The number of carbonyl (C=O) groups is 2. The Labute approximate surface area is 226 Å². The molecule has 0 radical (unpaired) electrons. The maximum absolute atomic E-state index is 14.5. The Bertz CT molecular complexity index is 1180. The van der Waals surface area contributed by atoms with E-state index in [1.165, 1.54) is 6.42 Å². The van der Waals surface area contributed by atoms with E-state index in [9.17, 15) is 14.9 Å². The molecule has 1 aliphatic heterocycles. The van der Waals surface area contributed by atoms with Crippen molar-refractivity contribution in [1.82, 2.24) is 15.2 Å². The van der Waals surface area contributed by atoms with Crippen molar-refractivity contribution < 1.29 is 9.59 Å². The molecular weight excluding hydrogens is 474 g/mol. The van der Waals surface area contributed by atoms with Crippen molar-refractivity contribution in [2.24, 2.45) is 11.8 Å². The van der Waals surface area contributed by atoms with Gasteiger partial charge in [0.1, 0.15) is 12.1 Å². The third-order valence-corrected chi connectivity index (χ3v) is 8.74. The molecule has 1 saturated heterocycles. The molecule has 0 bridgehead atoms. The number of likely N-dealkylation sites (tertiary alicyclic amines) is 1. The number of pyridine rings is 1. The molecule has 2 aliphatic carbocycles. The fourth-order valence-electron chi connectivity index (χ4n) is 6.40. The third-order valence-electron chi connectivity index (χ3n) is 8.74. The number of nitrogens with zero attached hydrogens (tertiary/aromatic N) is 4. The Hall–Kier alpha value is -3.40. The largest absolute Gasteiger partial charge is 0.351 e. The molecule has 2 heterocycles. The van der Waals surface area contributed by atoms with Gasteiger partial charge in [-0.1, -0.05) is 58.2 Å². The van der Waals surface area contributed by atoms with Crippen LogP contribution < -0.4 is 10.2 Å². The molecule has 2 saturated carbocycles. The predicted molar refractivity (Wildman–Crippen MR) is 147 cm³/mol. The molecule has 7 nitrogen and oxygen atoms in total. The first kappa shape index (κ1) is 26.2. The lowest BCUT2D eigenvalue weighted by Gasteiger charge is -2.38. The summed E-state index contributed by atoms with van der Waals surface area (Å²) < 4.78 is 0. The molecule has 2 amide bonds. The molecule has 1 N–H and O–H groups in total. The van der Waals surface area contributed by atoms with Crippen LogP contribution >= 0.6 is 0 Å². The van der Waals surface area contributed by atoms with Crippen LogP contribution in [0, 0.1) is 23.3 Å². The van der Waals surface area contributed by atoms with Crippen LogP contribution in [0.15, 0.2) is 48.8 Å². The first-order valence-electron chi connectivity index (χ1n) is 14.1. The predicted octanol–water partition coefficient (Wildman–Crippen LogP) is 5.09. The van der Waals surface area contributed by atoms with Crippen molar-refractivity contribution in [3.05, 3.63) is 59.9 Å². The second kappa shape index (κ2) is 10.8. The van der Waals surface area contributed by atoms with Crippen LogP contribution in [0.4, 0.5) is 5.69 Å². The van der Waals surface area contributed by atoms with Crippen LogP contribution in [0.5, 0.6) is 0 Å². The van der Waals surface area contributed by atoms with Crippen molar-refractivity contribution in [2.75, 3.05) is 11.4 Å². The highest BCUT2D eigenvalue weighted by atomic mass is 16.2. The minimum absolute atomic E-state index is 0.0450. The Morgan fingerprint density at radius 2 is 1.82 bits per heavy atom. The van der Waals surface area contributed by atoms with Gasteiger partial charge in [0.05, 0.1) is 0 Å². The zero-order valence-corrected chi connectivity index (χ0v) is 22.8. The molecular formula is C31H39N5O2. The highest BCUT2D eigenvalue weighted by Gasteiger charge is 2.52. The number of anilines is 1. The van der Waals surface area contributed by atoms with E-state index < -0.39 is 12.1 Å². The van der Waals surface area contributed by atoms with Crippen LogP contribution in [0.25, 0.3) is 0 Å². The molecule has 3 aliphatic rings. The van der Waals surface area contributed by atoms with Crippen molar-refractivity contribution in [3.63, 3.8) is 0 Å². The summed E-state index contributed by atoms with van der Waals surface area (Å²) >= 11 is 0. The number of benzene rings is 1. The first-order valence-corrected chi connectivity index (χ1v) is 14.1. The van der Waals surface area contributed by atoms with E-state index in [4.69, 9.17) is 0 Å². The highest BCUT2D eigenvalue weighted by Crippen LogP contribution is 2.46. The second-order valence-corrected chi connectivity index (χ2v) is 12.2. The van der Waals surface area contributed by atoms with Gasteiger partial charge in [0, 0.05) is 36.2 Å². The van der Waals surface area contributed by atoms with E-state index in [1.54, 1.807) is 28.3 Å². The number of rotatable bonds is 6. The van der Waals surface area contributed by atoms with Gasteiger partial charge in [-0.25, -0.2) is 0 Å². The maximum atomic E-state index is 14.5. The average molecular weight is 514 g/mol. The molecule has 1 aromatic heterocycles. The fraction of sp³-hybridized carbons (Fsp3) is 0.548. The maximum Gasteiger partial charge on any atom is 0.251 e. The standard InChI is InChI=1S/C31H39N5O2/c1-31(2,3)23-12-14-25(15-13-23)36(30(38)28-26-16-11-22(26)19-35(28)20-32)27(21-8-7-17-33-18-21)29(37)34-24-9-5-4-6-10-24/h7-8,12-15,17-18,22,24,26-28H,4-6,9-11,16,19H2,1-3H3,(H,34,37)/t22-,26-,27?,28+/m0/s1. The Morgan fingerprint density at radius 1 is 1.08 bits per heavy atom. The van der Waals surface area contributed by atoms with Crippen molar-refractivity contribution in [3.8, 4) is 6.19 Å². The zero-order valence-electron chi connectivity index (χ0n) is 22.8. The fourth-order valence-corrected chi connectivity index (χ4v) is 6.40. The molecule has 5 rings (SSSR count). The molecule has 38 heavy (non-hydrogen) atoms. The molecule has 1 aromatic carbocycles. The summed E-state index contributed by atoms with van der Waals surface area (Å²) in [5, 5.41) is 13.2. The third kappa shape index (κ3) is 5.14. The number of nitriles is 1. The molecule has 0 spiro atoms. The van der Waals surface area contributed by atoms with Gasteiger partial charge >= 0.3 is 0 Å². The number of amides is 2. The van der Waals surface area contributed by atoms with Crippen molar-refractivity contribution in [1.29, 1.82) is 5.26 Å². The van der Waals surface area contributed by atoms with Crippen LogP contribution in [-0.4, -0.2) is 40.3 Å². The van der Waals surface area contributed by atoms with E-state index in [0.717, 1.165) is 44.1 Å². The van der Waals surface area contributed by atoms with E-state index >= 15 is 0 Å². The summed E-state index contributed by atoms with van der Waals surface area (Å²) in [5.74, 6) is 0.135. The molecule has 200 valence electrons. The monoisotopic (exact) mass is 513 g/mol. The van der Waals surface area contributed by atoms with E-state index in [2.05, 4.69) is 37.3 Å². The van der Waals surface area contributed by atoms with Gasteiger partial charge in [-0.15, -0.1) is 0 Å². The van der Waals surface area contributed by atoms with Gasteiger partial charge < -0.3 is 5.32 Å². The highest BCUT2D eigenvalue weighted by molar-refractivity contribution is 6.04. The van der Waals surface area contributed by atoms with Crippen LogP contribution in [0.1, 0.15) is 82.9 Å². The number of hydrogen-bond acceptors (Lipinski definition) is 5. The lowest BCUT2D eigenvalue weighted by molar-refractivity contribution is -0.129. The summed E-state index contributed by atoms with van der Waals surface area (Å²) in [4.78, 5) is 36.2. The second-order valence-electron chi connectivity index (χ2n) is 12.2. The Morgan fingerprint density at radius 3 is 2.39 bits per heavy atom.